The van der Waals surface area contributed by atoms with Crippen molar-refractivity contribution in [3.05, 3.63) is 114 Å². The van der Waals surface area contributed by atoms with Crippen LogP contribution in [0.25, 0.3) is 41.8 Å². The van der Waals surface area contributed by atoms with Crippen LogP contribution in [-0.2, 0) is 4.74 Å². The van der Waals surface area contributed by atoms with E-state index in [1.165, 1.54) is 48.1 Å². The van der Waals surface area contributed by atoms with Crippen molar-refractivity contribution in [3.63, 3.8) is 0 Å². The summed E-state index contributed by atoms with van der Waals surface area (Å²) in [6, 6.07) is 4.77. The number of alkyl halides is 6. The lowest BCUT2D eigenvalue weighted by molar-refractivity contribution is 0.0447. The zero-order valence-electron chi connectivity index (χ0n) is 81.6. The molecular weight excluding hydrogens is 1900 g/mol. The molecule has 13 heterocycles. The lowest BCUT2D eigenvalue weighted by Gasteiger charge is -2.32. The number of hydrogen-bond donors (Lipinski definition) is 12. The molecule has 12 N–H and O–H groups in total. The summed E-state index contributed by atoms with van der Waals surface area (Å²) < 4.78 is 90.3. The first-order valence-electron chi connectivity index (χ1n) is 47.8. The Morgan fingerprint density at radius 3 is 0.986 bits per heavy atom. The van der Waals surface area contributed by atoms with Crippen LogP contribution in [-0.4, -0.2) is 262 Å². The van der Waals surface area contributed by atoms with Gasteiger partial charge in [0, 0.05) is 143 Å². The summed E-state index contributed by atoms with van der Waals surface area (Å²) in [7, 11) is 0. The number of nitrogens with zero attached hydrogens (tertiary/aromatic N) is 12. The minimum Gasteiger partial charge on any atom is -0.393 e. The summed E-state index contributed by atoms with van der Waals surface area (Å²) in [5.41, 5.74) is 0.159. The number of rotatable bonds is 25. The van der Waals surface area contributed by atoms with Gasteiger partial charge in [0.15, 0.2) is 20.0 Å². The molecule has 33 nitrogen and oxygen atoms in total. The molecule has 0 bridgehead atoms. The number of anilines is 4. The highest BCUT2D eigenvalue weighted by molar-refractivity contribution is 7.18. The molecule has 3 saturated carbocycles. The first kappa shape index (κ1) is 107. The Balaban J connectivity index is 0.000000157. The van der Waals surface area contributed by atoms with E-state index in [1.54, 1.807) is 20.9 Å². The number of carbonyl (C=O) groups is 8. The minimum absolute atomic E-state index is 0.00795. The van der Waals surface area contributed by atoms with Gasteiger partial charge in [-0.25, -0.2) is 66.2 Å². The SMILES string of the molecule is CC[C@@H](C)Nc1cc(C)c(-c2sc(C(=O)NC3CC[C@H](O)C3)nc2C(=O)N2CCC[C@@H]2C)cn1.C[C@H]1CCCN1C(=O)c1nc(C(=O)N[C@@H]2CC[C@H]2O)sc1-c1cnc(NC(C)(C)C)cc1C(F)F.C[C@H]1CCCN1C(=O)c1nc(C(=O)N[C@@H]2COC[C@H]2O)sc1-c1cnc(NC(C)(C)C)cc1C(F)F.C[C@H]1CCCN1C(=O)c1nc(C(=O)N[C@H]2CC[C@@H]2O)sc1-c1cnc(NC(C)(C)C)cc1C(F)F. The van der Waals surface area contributed by atoms with Gasteiger partial charge in [-0.3, -0.25) is 38.4 Å². The molecule has 0 spiro atoms. The van der Waals surface area contributed by atoms with Gasteiger partial charge in [-0.05, 0) is 236 Å². The smallest absolute Gasteiger partial charge is 0.280 e. The number of halogens is 6. The quantitative estimate of drug-likeness (QED) is 0.0236. The Morgan fingerprint density at radius 2 is 0.729 bits per heavy atom. The normalized spacial score (nSPS) is 22.5. The lowest BCUT2D eigenvalue weighted by Crippen LogP contribution is -2.50. The van der Waals surface area contributed by atoms with Crippen LogP contribution in [0.3, 0.4) is 0 Å². The second kappa shape index (κ2) is 45.4. The number of nitrogens with one attached hydrogen (secondary N) is 8. The van der Waals surface area contributed by atoms with Crippen LogP contribution in [0.2, 0.25) is 0 Å². The monoisotopic (exact) mass is 2020 g/mol. The van der Waals surface area contributed by atoms with Crippen molar-refractivity contribution >= 4 is 116 Å². The van der Waals surface area contributed by atoms with Gasteiger partial charge in [-0.2, -0.15) is 0 Å². The molecule has 8 aliphatic rings. The Morgan fingerprint density at radius 1 is 0.414 bits per heavy atom. The number of aliphatic hydroxyl groups excluding tert-OH is 4. The van der Waals surface area contributed by atoms with E-state index < -0.39 is 72.8 Å². The van der Waals surface area contributed by atoms with E-state index in [1.807, 2.05) is 101 Å². The van der Waals surface area contributed by atoms with Gasteiger partial charge < -0.3 is 87.3 Å². The predicted octanol–water partition coefficient (Wildman–Crippen LogP) is 15.9. The Kier molecular flexibility index (Phi) is 34.6. The molecule has 0 aromatic carbocycles. The van der Waals surface area contributed by atoms with Crippen molar-refractivity contribution < 1.29 is 89.9 Å². The van der Waals surface area contributed by atoms with Crippen molar-refractivity contribution in [2.75, 3.05) is 60.7 Å². The summed E-state index contributed by atoms with van der Waals surface area (Å²) in [6.45, 7) is 33.6. The fourth-order valence-electron chi connectivity index (χ4n) is 17.6. The van der Waals surface area contributed by atoms with Gasteiger partial charge in [0.2, 0.25) is 0 Å². The number of pyridine rings is 4. The number of aromatic nitrogens is 8. The predicted molar refractivity (Wildman–Crippen MR) is 526 cm³/mol. The first-order valence-corrected chi connectivity index (χ1v) is 51.1. The zero-order valence-corrected chi connectivity index (χ0v) is 84.9. The number of likely N-dealkylation sites (tertiary alicyclic amines) is 4. The van der Waals surface area contributed by atoms with Crippen LogP contribution in [0.15, 0.2) is 49.1 Å². The highest BCUT2D eigenvalue weighted by Gasteiger charge is 2.42. The first-order chi connectivity index (χ1) is 66.1. The van der Waals surface area contributed by atoms with Crippen molar-refractivity contribution in [2.45, 2.75) is 328 Å². The summed E-state index contributed by atoms with van der Waals surface area (Å²) in [6.07, 6.45) is 7.13. The maximum Gasteiger partial charge on any atom is 0.280 e. The Hall–Kier alpha value is -10.5. The Bertz CT molecular complexity index is 5630. The van der Waals surface area contributed by atoms with Gasteiger partial charge in [0.1, 0.15) is 46.0 Å². The molecule has 8 fully saturated rings. The third kappa shape index (κ3) is 26.1. The molecular formula is C97H128F6N20O13S4. The molecule has 8 aromatic rings. The number of ether oxygens (including phenoxy) is 1. The van der Waals surface area contributed by atoms with E-state index >= 15 is 0 Å². The van der Waals surface area contributed by atoms with Gasteiger partial charge in [-0.15, -0.1) is 45.3 Å². The molecule has 13 atom stereocenters. The van der Waals surface area contributed by atoms with E-state index in [-0.39, 0.29) is 187 Å². The summed E-state index contributed by atoms with van der Waals surface area (Å²) in [5, 5.41) is 63.3. The summed E-state index contributed by atoms with van der Waals surface area (Å²) in [5.74, 6) is -1.64. The van der Waals surface area contributed by atoms with E-state index in [0.717, 1.165) is 115 Å². The molecule has 16 rings (SSSR count). The van der Waals surface area contributed by atoms with Crippen LogP contribution < -0.4 is 42.5 Å². The largest absolute Gasteiger partial charge is 0.393 e. The fraction of sp³-hybridized carbons (Fsp3) is 0.588. The molecule has 760 valence electrons. The third-order valence-corrected chi connectivity index (χ3v) is 30.0. The number of aryl methyl sites for hydroxylation is 1. The zero-order chi connectivity index (χ0) is 102. The number of aliphatic hydroxyl groups is 4. The number of amides is 8. The van der Waals surface area contributed by atoms with E-state index in [4.69, 9.17) is 4.74 Å². The molecule has 43 heteroatoms. The highest BCUT2D eigenvalue weighted by atomic mass is 32.1. The number of carbonyl (C=O) groups excluding carboxylic acids is 8. The topological polar surface area (TPSA) is 439 Å². The van der Waals surface area contributed by atoms with Crippen molar-refractivity contribution in [1.82, 2.24) is 80.7 Å². The molecule has 8 aromatic heterocycles. The summed E-state index contributed by atoms with van der Waals surface area (Å²) >= 11 is 3.88. The average molecular weight is 2020 g/mol. The van der Waals surface area contributed by atoms with Gasteiger partial charge >= 0.3 is 0 Å². The number of thiazole rings is 4. The van der Waals surface area contributed by atoms with E-state index in [2.05, 4.69) is 103 Å². The maximum absolute atomic E-state index is 14.2. The molecule has 5 aliphatic heterocycles. The lowest BCUT2D eigenvalue weighted by atomic mass is 9.89. The number of hydrogen-bond acceptors (Lipinski definition) is 29. The van der Waals surface area contributed by atoms with Crippen molar-refractivity contribution in [3.8, 4) is 41.8 Å². The van der Waals surface area contributed by atoms with E-state index in [0.29, 0.717) is 93.0 Å². The fourth-order valence-corrected chi connectivity index (χ4v) is 21.6. The molecule has 5 saturated heterocycles. The maximum atomic E-state index is 14.2. The molecule has 1 unspecified atom stereocenters. The van der Waals surface area contributed by atoms with Gasteiger partial charge in [0.05, 0.1) is 75.3 Å². The van der Waals surface area contributed by atoms with Crippen LogP contribution in [0.1, 0.15) is 329 Å². The minimum atomic E-state index is -2.85. The van der Waals surface area contributed by atoms with Crippen LogP contribution in [0, 0.1) is 6.92 Å². The standard InChI is InChI=1S/C25H35N5O3S.C24H31F2N5O4S.2C24H31F2N5O3S/c1-5-15(3)27-20-11-14(2)19(13-26-20)22-21(25(33)30-10-6-7-16(30)4)29-24(34-22)23(32)28-17-8-9-18(31)12-17;1-12-6-5-7-31(12)23(34)18-19(36-22(29-18)21(33)28-15-10-35-11-16(15)32)14-9-27-17(30-24(2,3)4)8-13(14)20(25)26;2*1-12-6-5-9-31(12)23(34)18-19(35-22(29-18)21(33)28-15-7-8-16(15)32)14-11-27-17(30-24(2,3)4)10-13(14)20(25)26/h11,13,15-18,31H,5-10,12H2,1-4H3,(H,26,27)(H,28,32);8-9,12,15-16,20,32H,5-7,10-11H2,1-4H3,(H,27,30)(H,28,33);2*10-12,15-16,20,32H,5-9H2,1-4H3,(H,27,30)(H,28,33)/t15-,16+,17?,18+;2*12-,15+,16+;12-,15-,16-/m1000/s1. The van der Waals surface area contributed by atoms with Crippen LogP contribution in [0.5, 0.6) is 0 Å². The molecule has 3 aliphatic carbocycles. The van der Waals surface area contributed by atoms with Crippen LogP contribution in [0.4, 0.5) is 49.6 Å². The highest BCUT2D eigenvalue weighted by Crippen LogP contribution is 2.45. The third-order valence-electron chi connectivity index (χ3n) is 25.7. The second-order valence-electron chi connectivity index (χ2n) is 40.4. The molecule has 0 radical (unpaired) electrons. The molecule has 8 amide bonds. The summed E-state index contributed by atoms with van der Waals surface area (Å²) in [4.78, 5) is 149. The van der Waals surface area contributed by atoms with Crippen molar-refractivity contribution in [1.29, 1.82) is 0 Å². The van der Waals surface area contributed by atoms with Crippen LogP contribution >= 0.6 is 45.3 Å². The van der Waals surface area contributed by atoms with Crippen molar-refractivity contribution in [2.24, 2.45) is 0 Å². The second-order valence-corrected chi connectivity index (χ2v) is 44.3. The van der Waals surface area contributed by atoms with E-state index in [9.17, 15) is 85.1 Å². The molecule has 140 heavy (non-hydrogen) atoms. The Labute approximate surface area is 826 Å². The van der Waals surface area contributed by atoms with Gasteiger partial charge in [-0.1, -0.05) is 6.92 Å². The average Bonchev–Trinajstić information content (AvgIpc) is 1.62. The van der Waals surface area contributed by atoms with Gasteiger partial charge in [0.25, 0.3) is 66.5 Å².